The van der Waals surface area contributed by atoms with E-state index in [0.29, 0.717) is 5.92 Å². The summed E-state index contributed by atoms with van der Waals surface area (Å²) in [5, 5.41) is 2.43. The van der Waals surface area contributed by atoms with Crippen LogP contribution in [0.5, 0.6) is 0 Å². The van der Waals surface area contributed by atoms with Crippen molar-refractivity contribution in [1.82, 2.24) is 9.88 Å². The highest BCUT2D eigenvalue weighted by Crippen LogP contribution is 2.23. The van der Waals surface area contributed by atoms with Gasteiger partial charge in [-0.3, -0.25) is 4.79 Å². The smallest absolute Gasteiger partial charge is 0.358 e. The maximum Gasteiger partial charge on any atom is 0.358 e. The highest BCUT2D eigenvalue weighted by molar-refractivity contribution is 7.13. The van der Waals surface area contributed by atoms with Crippen molar-refractivity contribution in [3.05, 3.63) is 41.4 Å². The van der Waals surface area contributed by atoms with E-state index in [1.54, 1.807) is 10.3 Å². The molecular weight excluding hydrogens is 324 g/mol. The zero-order valence-corrected chi connectivity index (χ0v) is 14.4. The van der Waals surface area contributed by atoms with Crippen molar-refractivity contribution >= 4 is 23.2 Å². The molecule has 1 aliphatic heterocycles. The lowest BCUT2D eigenvalue weighted by molar-refractivity contribution is -0.136. The van der Waals surface area contributed by atoms with Gasteiger partial charge in [0.05, 0.1) is 0 Å². The number of nitrogens with zero attached hydrogens (tertiary/aromatic N) is 2. The maximum absolute atomic E-state index is 12.1. The lowest BCUT2D eigenvalue weighted by Crippen LogP contribution is -2.41. The number of rotatable bonds is 4. The van der Waals surface area contributed by atoms with Crippen LogP contribution in [0, 0.1) is 5.92 Å². The first-order chi connectivity index (χ1) is 11.6. The summed E-state index contributed by atoms with van der Waals surface area (Å²) in [7, 11) is 0. The van der Waals surface area contributed by atoms with Crippen LogP contribution in [0.25, 0.3) is 10.6 Å². The van der Waals surface area contributed by atoms with Gasteiger partial charge in [-0.1, -0.05) is 37.3 Å². The lowest BCUT2D eigenvalue weighted by Gasteiger charge is -2.30. The first kappa shape index (κ1) is 16.6. The number of amides is 1. The van der Waals surface area contributed by atoms with Gasteiger partial charge in [0.15, 0.2) is 12.3 Å². The Balaban J connectivity index is 1.56. The number of hydrogen-bond acceptors (Lipinski definition) is 5. The van der Waals surface area contributed by atoms with Gasteiger partial charge in [-0.25, -0.2) is 9.78 Å². The van der Waals surface area contributed by atoms with E-state index in [2.05, 4.69) is 11.9 Å². The third kappa shape index (κ3) is 4.00. The lowest BCUT2D eigenvalue weighted by atomic mass is 10.0. The highest BCUT2D eigenvalue weighted by atomic mass is 32.1. The molecule has 0 radical (unpaired) electrons. The van der Waals surface area contributed by atoms with Gasteiger partial charge in [-0.2, -0.15) is 0 Å². The van der Waals surface area contributed by atoms with Gasteiger partial charge in [-0.05, 0) is 18.8 Å². The zero-order valence-electron chi connectivity index (χ0n) is 13.6. The molecule has 3 rings (SSSR count). The van der Waals surface area contributed by atoms with E-state index >= 15 is 0 Å². The predicted molar refractivity (Wildman–Crippen MR) is 92.8 cm³/mol. The molecule has 1 atom stereocenters. The Hall–Kier alpha value is -2.21. The predicted octanol–water partition coefficient (Wildman–Crippen LogP) is 3.23. The van der Waals surface area contributed by atoms with Gasteiger partial charge >= 0.3 is 5.97 Å². The van der Waals surface area contributed by atoms with Crippen LogP contribution in [0.1, 0.15) is 30.3 Å². The minimum absolute atomic E-state index is 0.131. The largest absolute Gasteiger partial charge is 0.451 e. The molecule has 1 aliphatic rings. The van der Waals surface area contributed by atoms with Crippen molar-refractivity contribution < 1.29 is 14.3 Å². The molecule has 0 spiro atoms. The molecule has 6 heteroatoms. The van der Waals surface area contributed by atoms with E-state index in [1.165, 1.54) is 11.3 Å². The Morgan fingerprint density at radius 3 is 2.88 bits per heavy atom. The first-order valence-electron chi connectivity index (χ1n) is 8.09. The molecule has 0 N–H and O–H groups in total. The quantitative estimate of drug-likeness (QED) is 0.799. The second kappa shape index (κ2) is 7.57. The summed E-state index contributed by atoms with van der Waals surface area (Å²) in [4.78, 5) is 30.3. The van der Waals surface area contributed by atoms with E-state index < -0.39 is 5.97 Å². The minimum Gasteiger partial charge on any atom is -0.451 e. The SMILES string of the molecule is C[C@H]1CCCN(C(=O)COC(=O)c2csc(-c3ccccc3)n2)C1. The van der Waals surface area contributed by atoms with Crippen LogP contribution in [0.3, 0.4) is 0 Å². The molecule has 0 saturated carbocycles. The summed E-state index contributed by atoms with van der Waals surface area (Å²) in [6, 6.07) is 9.66. The molecule has 0 aliphatic carbocycles. The number of hydrogen-bond donors (Lipinski definition) is 0. The molecule has 0 bridgehead atoms. The molecule has 24 heavy (non-hydrogen) atoms. The van der Waals surface area contributed by atoms with E-state index in [9.17, 15) is 9.59 Å². The molecule has 1 saturated heterocycles. The molecular formula is C18H20N2O3S. The molecule has 126 valence electrons. The van der Waals surface area contributed by atoms with Crippen molar-refractivity contribution in [2.75, 3.05) is 19.7 Å². The fourth-order valence-electron chi connectivity index (χ4n) is 2.79. The summed E-state index contributed by atoms with van der Waals surface area (Å²) in [5.41, 5.74) is 1.21. The Morgan fingerprint density at radius 1 is 1.33 bits per heavy atom. The summed E-state index contributed by atoms with van der Waals surface area (Å²) in [5.74, 6) is -0.175. The normalized spacial score (nSPS) is 17.5. The third-order valence-corrected chi connectivity index (χ3v) is 4.96. The highest BCUT2D eigenvalue weighted by Gasteiger charge is 2.22. The number of carbonyl (C=O) groups is 2. The van der Waals surface area contributed by atoms with E-state index in [0.717, 1.165) is 36.5 Å². The number of aromatic nitrogens is 1. The van der Waals surface area contributed by atoms with Crippen molar-refractivity contribution in [2.45, 2.75) is 19.8 Å². The Labute approximate surface area is 145 Å². The maximum atomic E-state index is 12.1. The third-order valence-electron chi connectivity index (χ3n) is 4.07. The number of thiazole rings is 1. The van der Waals surface area contributed by atoms with E-state index in [1.807, 2.05) is 30.3 Å². The Bertz CT molecular complexity index is 714. The van der Waals surface area contributed by atoms with Crippen molar-refractivity contribution in [2.24, 2.45) is 5.92 Å². The minimum atomic E-state index is -0.549. The van der Waals surface area contributed by atoms with Crippen molar-refractivity contribution in [1.29, 1.82) is 0 Å². The second-order valence-electron chi connectivity index (χ2n) is 6.07. The Kier molecular flexibility index (Phi) is 5.25. The zero-order chi connectivity index (χ0) is 16.9. The molecule has 5 nitrogen and oxygen atoms in total. The second-order valence-corrected chi connectivity index (χ2v) is 6.93. The number of esters is 1. The van der Waals surface area contributed by atoms with Crippen LogP contribution in [-0.4, -0.2) is 41.5 Å². The van der Waals surface area contributed by atoms with Crippen LogP contribution in [0.15, 0.2) is 35.7 Å². The average molecular weight is 344 g/mol. The molecule has 2 heterocycles. The number of benzene rings is 1. The topological polar surface area (TPSA) is 59.5 Å². The summed E-state index contributed by atoms with van der Waals surface area (Å²) < 4.78 is 5.14. The molecule has 2 aromatic rings. The van der Waals surface area contributed by atoms with Gasteiger partial charge in [-0.15, -0.1) is 11.3 Å². The van der Waals surface area contributed by atoms with Crippen LogP contribution in [0.2, 0.25) is 0 Å². The van der Waals surface area contributed by atoms with Gasteiger partial charge in [0.1, 0.15) is 5.01 Å². The summed E-state index contributed by atoms with van der Waals surface area (Å²) in [6.45, 7) is 3.40. The Morgan fingerprint density at radius 2 is 2.12 bits per heavy atom. The van der Waals surface area contributed by atoms with Gasteiger partial charge in [0.2, 0.25) is 0 Å². The number of likely N-dealkylation sites (tertiary alicyclic amines) is 1. The molecule has 1 amide bonds. The monoisotopic (exact) mass is 344 g/mol. The van der Waals surface area contributed by atoms with Crippen LogP contribution >= 0.6 is 11.3 Å². The average Bonchev–Trinajstić information content (AvgIpc) is 3.10. The standard InChI is InChI=1S/C18H20N2O3S/c1-13-6-5-9-20(10-13)16(21)11-23-18(22)15-12-24-17(19-15)14-7-3-2-4-8-14/h2-4,7-8,12-13H,5-6,9-11H2,1H3/t13-/m0/s1. The van der Waals surface area contributed by atoms with Crippen LogP contribution in [-0.2, 0) is 9.53 Å². The number of piperidine rings is 1. The van der Waals surface area contributed by atoms with E-state index in [4.69, 9.17) is 4.74 Å². The molecule has 1 aromatic carbocycles. The fraction of sp³-hybridized carbons (Fsp3) is 0.389. The van der Waals surface area contributed by atoms with Crippen molar-refractivity contribution in [3.8, 4) is 10.6 Å². The molecule has 1 aromatic heterocycles. The summed E-state index contributed by atoms with van der Waals surface area (Å²) in [6.07, 6.45) is 2.15. The van der Waals surface area contributed by atoms with Gasteiger partial charge in [0, 0.05) is 24.0 Å². The first-order valence-corrected chi connectivity index (χ1v) is 8.97. The molecule has 1 fully saturated rings. The van der Waals surface area contributed by atoms with Crippen LogP contribution in [0.4, 0.5) is 0 Å². The fourth-order valence-corrected chi connectivity index (χ4v) is 3.58. The number of ether oxygens (including phenoxy) is 1. The van der Waals surface area contributed by atoms with E-state index in [-0.39, 0.29) is 18.2 Å². The number of carbonyl (C=O) groups excluding carboxylic acids is 2. The van der Waals surface area contributed by atoms with Crippen LogP contribution < -0.4 is 0 Å². The summed E-state index contributed by atoms with van der Waals surface area (Å²) >= 11 is 1.39. The van der Waals surface area contributed by atoms with Gasteiger partial charge in [0.25, 0.3) is 5.91 Å². The van der Waals surface area contributed by atoms with Crippen molar-refractivity contribution in [3.63, 3.8) is 0 Å². The van der Waals surface area contributed by atoms with Gasteiger partial charge < -0.3 is 9.64 Å². The molecule has 0 unspecified atom stereocenters.